The number of nitrogens with zero attached hydrogens (tertiary/aromatic N) is 1. The van der Waals surface area contributed by atoms with Crippen molar-refractivity contribution in [3.05, 3.63) is 0 Å². The monoisotopic (exact) mass is 238 g/mol. The Morgan fingerprint density at radius 3 is 2.47 bits per heavy atom. The predicted molar refractivity (Wildman–Crippen MR) is 69.5 cm³/mol. The Hall–Kier alpha value is -0.570. The van der Waals surface area contributed by atoms with E-state index in [1.807, 2.05) is 0 Å². The largest absolute Gasteiger partial charge is 0.323 e. The van der Waals surface area contributed by atoms with Crippen molar-refractivity contribution in [2.24, 2.45) is 11.8 Å². The highest BCUT2D eigenvalue weighted by atomic mass is 16.2. The van der Waals surface area contributed by atoms with Crippen LogP contribution in [0, 0.1) is 11.8 Å². The Balaban J connectivity index is 2.00. The number of hydrogen-bond donors (Lipinski definition) is 1. The van der Waals surface area contributed by atoms with Gasteiger partial charge in [-0.05, 0) is 44.9 Å². The summed E-state index contributed by atoms with van der Waals surface area (Å²) in [6, 6.07) is 0.462. The summed E-state index contributed by atoms with van der Waals surface area (Å²) in [6.07, 6.45) is 5.10. The average molecular weight is 238 g/mol. The van der Waals surface area contributed by atoms with Crippen LogP contribution in [0.5, 0.6) is 0 Å². The molecule has 0 spiro atoms. The first kappa shape index (κ1) is 12.9. The van der Waals surface area contributed by atoms with Crippen LogP contribution in [0.25, 0.3) is 0 Å². The van der Waals surface area contributed by atoms with Crippen molar-refractivity contribution in [3.63, 3.8) is 0 Å². The highest BCUT2D eigenvalue weighted by Crippen LogP contribution is 2.34. The van der Waals surface area contributed by atoms with Crippen molar-refractivity contribution in [2.75, 3.05) is 0 Å². The van der Waals surface area contributed by atoms with Crippen molar-refractivity contribution in [2.45, 2.75) is 71.6 Å². The van der Waals surface area contributed by atoms with Gasteiger partial charge in [0.2, 0.25) is 5.91 Å². The quantitative estimate of drug-likeness (QED) is 0.815. The van der Waals surface area contributed by atoms with Crippen molar-refractivity contribution in [1.82, 2.24) is 10.2 Å². The molecule has 1 heterocycles. The van der Waals surface area contributed by atoms with Crippen molar-refractivity contribution in [1.29, 1.82) is 0 Å². The van der Waals surface area contributed by atoms with Gasteiger partial charge in [0, 0.05) is 6.04 Å². The molecule has 1 aliphatic heterocycles. The predicted octanol–water partition coefficient (Wildman–Crippen LogP) is 2.37. The zero-order chi connectivity index (χ0) is 12.6. The molecule has 0 aromatic heterocycles. The molecule has 2 rings (SSSR count). The van der Waals surface area contributed by atoms with Gasteiger partial charge >= 0.3 is 0 Å². The molecule has 1 saturated carbocycles. The van der Waals surface area contributed by atoms with E-state index in [9.17, 15) is 4.79 Å². The van der Waals surface area contributed by atoms with E-state index in [0.29, 0.717) is 17.9 Å². The second-order valence-corrected chi connectivity index (χ2v) is 6.20. The lowest BCUT2D eigenvalue weighted by Gasteiger charge is -2.39. The topological polar surface area (TPSA) is 32.3 Å². The summed E-state index contributed by atoms with van der Waals surface area (Å²) in [5, 5.41) is 3.45. The summed E-state index contributed by atoms with van der Waals surface area (Å²) in [4.78, 5) is 14.5. The van der Waals surface area contributed by atoms with Crippen LogP contribution < -0.4 is 5.32 Å². The molecule has 1 amide bonds. The van der Waals surface area contributed by atoms with Crippen LogP contribution in [0.4, 0.5) is 0 Å². The fourth-order valence-corrected chi connectivity index (χ4v) is 3.16. The van der Waals surface area contributed by atoms with Crippen molar-refractivity contribution in [3.8, 4) is 0 Å². The second kappa shape index (κ2) is 4.97. The molecule has 0 aromatic carbocycles. The minimum atomic E-state index is 0.0486. The molecule has 1 N–H and O–H groups in total. The highest BCUT2D eigenvalue weighted by molar-refractivity contribution is 5.84. The molecule has 2 aliphatic rings. The molecule has 0 radical (unpaired) electrons. The summed E-state index contributed by atoms with van der Waals surface area (Å²) in [7, 11) is 0. The Kier molecular flexibility index (Phi) is 3.76. The lowest BCUT2D eigenvalue weighted by Crippen LogP contribution is -2.47. The van der Waals surface area contributed by atoms with E-state index in [1.54, 1.807) is 0 Å². The van der Waals surface area contributed by atoms with E-state index in [-0.39, 0.29) is 12.2 Å². The number of nitrogens with one attached hydrogen (secondary N) is 1. The van der Waals surface area contributed by atoms with Gasteiger partial charge in [0.25, 0.3) is 0 Å². The summed E-state index contributed by atoms with van der Waals surface area (Å²) in [5.41, 5.74) is 0. The Morgan fingerprint density at radius 2 is 2.00 bits per heavy atom. The molecule has 98 valence electrons. The van der Waals surface area contributed by atoms with Crippen LogP contribution in [0.1, 0.15) is 53.4 Å². The van der Waals surface area contributed by atoms with Crippen LogP contribution in [0.15, 0.2) is 0 Å². The van der Waals surface area contributed by atoms with Gasteiger partial charge in [-0.25, -0.2) is 0 Å². The number of hydrogen-bond acceptors (Lipinski definition) is 2. The number of rotatable bonds is 4. The lowest BCUT2D eigenvalue weighted by molar-refractivity contribution is -0.133. The van der Waals surface area contributed by atoms with Gasteiger partial charge in [0.05, 0.1) is 12.2 Å². The highest BCUT2D eigenvalue weighted by Gasteiger charge is 2.42. The zero-order valence-corrected chi connectivity index (χ0v) is 11.6. The van der Waals surface area contributed by atoms with Crippen LogP contribution in [-0.4, -0.2) is 29.1 Å². The fourth-order valence-electron chi connectivity index (χ4n) is 3.16. The number of amides is 1. The third kappa shape index (κ3) is 2.49. The van der Waals surface area contributed by atoms with Crippen molar-refractivity contribution < 1.29 is 4.79 Å². The Morgan fingerprint density at radius 1 is 1.35 bits per heavy atom. The van der Waals surface area contributed by atoms with Gasteiger partial charge in [0.1, 0.15) is 0 Å². The zero-order valence-electron chi connectivity index (χ0n) is 11.6. The molecule has 1 aliphatic carbocycles. The van der Waals surface area contributed by atoms with Gasteiger partial charge in [0.15, 0.2) is 0 Å². The van der Waals surface area contributed by atoms with Crippen LogP contribution >= 0.6 is 0 Å². The van der Waals surface area contributed by atoms with E-state index in [4.69, 9.17) is 0 Å². The first-order chi connectivity index (χ1) is 8.00. The summed E-state index contributed by atoms with van der Waals surface area (Å²) in [5.74, 6) is 1.63. The second-order valence-electron chi connectivity index (χ2n) is 6.20. The van der Waals surface area contributed by atoms with Gasteiger partial charge in [-0.15, -0.1) is 0 Å². The molecule has 3 unspecified atom stereocenters. The third-order valence-corrected chi connectivity index (χ3v) is 4.39. The van der Waals surface area contributed by atoms with Crippen LogP contribution in [0.2, 0.25) is 0 Å². The summed E-state index contributed by atoms with van der Waals surface area (Å²) in [6.45, 7) is 8.69. The maximum atomic E-state index is 12.4. The molecule has 3 heteroatoms. The van der Waals surface area contributed by atoms with E-state index in [0.717, 1.165) is 12.3 Å². The van der Waals surface area contributed by atoms with Crippen LogP contribution in [0.3, 0.4) is 0 Å². The minimum absolute atomic E-state index is 0.0486. The summed E-state index contributed by atoms with van der Waals surface area (Å²) < 4.78 is 0. The molecule has 0 bridgehead atoms. The SMILES string of the molecule is CC(C)CC1NC(C)N(C(C)C2CCC2)C1=O. The molecule has 17 heavy (non-hydrogen) atoms. The lowest BCUT2D eigenvalue weighted by atomic mass is 9.79. The standard InChI is InChI=1S/C14H26N2O/c1-9(2)8-13-14(17)16(11(4)15-13)10(3)12-6-5-7-12/h9-13,15H,5-8H2,1-4H3. The molecular weight excluding hydrogens is 212 g/mol. The maximum absolute atomic E-state index is 12.4. The van der Waals surface area contributed by atoms with Gasteiger partial charge in [-0.3, -0.25) is 10.1 Å². The number of carbonyl (C=O) groups is 1. The molecule has 1 saturated heterocycles. The van der Waals surface area contributed by atoms with Crippen LogP contribution in [-0.2, 0) is 4.79 Å². The van der Waals surface area contributed by atoms with E-state index >= 15 is 0 Å². The van der Waals surface area contributed by atoms with Gasteiger partial charge < -0.3 is 4.90 Å². The maximum Gasteiger partial charge on any atom is 0.241 e. The molecule has 3 nitrogen and oxygen atoms in total. The normalized spacial score (nSPS) is 32.1. The van der Waals surface area contributed by atoms with Crippen molar-refractivity contribution >= 4 is 5.91 Å². The van der Waals surface area contributed by atoms with Gasteiger partial charge in [-0.2, -0.15) is 0 Å². The molecule has 2 fully saturated rings. The number of carbonyl (C=O) groups excluding carboxylic acids is 1. The molecule has 3 atom stereocenters. The third-order valence-electron chi connectivity index (χ3n) is 4.39. The summed E-state index contributed by atoms with van der Waals surface area (Å²) >= 11 is 0. The first-order valence-corrected chi connectivity index (χ1v) is 7.09. The average Bonchev–Trinajstić information content (AvgIpc) is 2.37. The van der Waals surface area contributed by atoms with E-state index in [1.165, 1.54) is 19.3 Å². The van der Waals surface area contributed by atoms with E-state index in [2.05, 4.69) is 37.9 Å². The molecule has 0 aromatic rings. The molecular formula is C14H26N2O. The minimum Gasteiger partial charge on any atom is -0.323 e. The van der Waals surface area contributed by atoms with Gasteiger partial charge in [-0.1, -0.05) is 20.3 Å². The Labute approximate surface area is 105 Å². The fraction of sp³-hybridized carbons (Fsp3) is 0.929. The smallest absolute Gasteiger partial charge is 0.241 e. The first-order valence-electron chi connectivity index (χ1n) is 7.09. The van der Waals surface area contributed by atoms with E-state index < -0.39 is 0 Å². The Bertz CT molecular complexity index is 286.